The molecular formula is C18H28N2O2. The van der Waals surface area contributed by atoms with Crippen LogP contribution in [0.25, 0.3) is 10.9 Å². The largest absolute Gasteiger partial charge is 0.468 e. The Hall–Kier alpha value is -1.81. The Kier molecular flexibility index (Phi) is 6.01. The molecule has 2 aromatic rings. The van der Waals surface area contributed by atoms with Crippen LogP contribution in [0, 0.1) is 0 Å². The van der Waals surface area contributed by atoms with Gasteiger partial charge in [0.05, 0.1) is 7.11 Å². The summed E-state index contributed by atoms with van der Waals surface area (Å²) >= 11 is 0. The van der Waals surface area contributed by atoms with Crippen LogP contribution in [-0.4, -0.2) is 42.1 Å². The maximum atomic E-state index is 11.7. The summed E-state index contributed by atoms with van der Waals surface area (Å²) in [5.41, 5.74) is 2.49. The summed E-state index contributed by atoms with van der Waals surface area (Å²) in [6, 6.07) is 8.28. The molecule has 0 aliphatic carbocycles. The Bertz CT molecular complexity index is 612. The van der Waals surface area contributed by atoms with E-state index in [1.807, 2.05) is 19.9 Å². The number of aromatic nitrogens is 1. The lowest BCUT2D eigenvalue weighted by Crippen LogP contribution is -2.38. The highest BCUT2D eigenvalue weighted by Gasteiger charge is 2.30. The predicted octanol–water partition coefficient (Wildman–Crippen LogP) is 3.62. The third kappa shape index (κ3) is 3.50. The number of rotatable bonds is 4. The average Bonchev–Trinajstić information content (AvgIpc) is 3.21. The van der Waals surface area contributed by atoms with E-state index in [0.29, 0.717) is 0 Å². The Balaban J connectivity index is 0.000000849. The van der Waals surface area contributed by atoms with Crippen LogP contribution in [0.2, 0.25) is 0 Å². The van der Waals surface area contributed by atoms with E-state index in [1.165, 1.54) is 23.6 Å². The van der Waals surface area contributed by atoms with Gasteiger partial charge >= 0.3 is 5.97 Å². The molecule has 1 aromatic heterocycles. The van der Waals surface area contributed by atoms with Crippen molar-refractivity contribution in [2.45, 2.75) is 39.2 Å². The van der Waals surface area contributed by atoms with Crippen LogP contribution in [-0.2, 0) is 16.0 Å². The number of methoxy groups -OCH3 is 1. The van der Waals surface area contributed by atoms with E-state index in [2.05, 4.69) is 34.3 Å². The normalized spacial score (nSPS) is 18.0. The van der Waals surface area contributed by atoms with E-state index in [1.54, 1.807) is 0 Å². The number of aromatic amines is 1. The third-order valence-corrected chi connectivity index (χ3v) is 4.18. The molecule has 4 nitrogen and oxygen atoms in total. The van der Waals surface area contributed by atoms with Gasteiger partial charge in [0.1, 0.15) is 6.04 Å². The Morgan fingerprint density at radius 3 is 2.95 bits per heavy atom. The molecule has 0 amide bonds. The Morgan fingerprint density at radius 1 is 1.41 bits per heavy atom. The van der Waals surface area contributed by atoms with E-state index < -0.39 is 0 Å². The Labute approximate surface area is 133 Å². The number of carbonyl (C=O) groups excluding carboxylic acids is 1. The fraction of sp³-hybridized carbons (Fsp3) is 0.500. The zero-order valence-corrected chi connectivity index (χ0v) is 13.8. The highest BCUT2D eigenvalue weighted by molar-refractivity contribution is 5.83. The van der Waals surface area contributed by atoms with Gasteiger partial charge in [-0.05, 0) is 37.4 Å². The minimum absolute atomic E-state index is 0. The van der Waals surface area contributed by atoms with Gasteiger partial charge in [0, 0.05) is 25.1 Å². The summed E-state index contributed by atoms with van der Waals surface area (Å²) in [6.07, 6.45) is 5.03. The summed E-state index contributed by atoms with van der Waals surface area (Å²) < 4.78 is 4.88. The molecule has 0 radical (unpaired) electrons. The van der Waals surface area contributed by atoms with Gasteiger partial charge in [-0.25, -0.2) is 0 Å². The first-order valence-corrected chi connectivity index (χ1v) is 8.16. The number of hydrogen-bond acceptors (Lipinski definition) is 3. The maximum Gasteiger partial charge on any atom is 0.323 e. The molecular weight excluding hydrogens is 276 g/mol. The number of para-hydroxylation sites is 1. The smallest absolute Gasteiger partial charge is 0.323 e. The van der Waals surface area contributed by atoms with Gasteiger partial charge in [-0.1, -0.05) is 32.0 Å². The number of H-pyrrole nitrogens is 1. The van der Waals surface area contributed by atoms with E-state index in [0.717, 1.165) is 32.4 Å². The highest BCUT2D eigenvalue weighted by Crippen LogP contribution is 2.22. The van der Waals surface area contributed by atoms with E-state index >= 15 is 0 Å². The molecule has 1 N–H and O–H groups in total. The Morgan fingerprint density at radius 2 is 2.18 bits per heavy atom. The standard InChI is InChI=1S/C16H20N2O2.C2H6.H2/c1-20-16(19)15-7-4-9-18(15)10-8-12-11-17-14-6-3-2-5-13(12)14;1-2;/h2-3,5-6,11,15,17H,4,7-10H2,1H3;1-2H3;1H. The number of fused-ring (bicyclic) bond motifs is 1. The molecule has 1 atom stereocenters. The second-order valence-corrected chi connectivity index (χ2v) is 5.33. The molecule has 1 aliphatic rings. The highest BCUT2D eigenvalue weighted by atomic mass is 16.5. The zero-order valence-electron chi connectivity index (χ0n) is 13.8. The van der Waals surface area contributed by atoms with Crippen molar-refractivity contribution in [2.24, 2.45) is 0 Å². The van der Waals surface area contributed by atoms with Crippen LogP contribution in [0.5, 0.6) is 0 Å². The van der Waals surface area contributed by atoms with Gasteiger partial charge in [0.2, 0.25) is 0 Å². The summed E-state index contributed by atoms with van der Waals surface area (Å²) in [5.74, 6) is -0.0959. The molecule has 1 aliphatic heterocycles. The molecule has 0 spiro atoms. The van der Waals surface area contributed by atoms with Crippen molar-refractivity contribution in [3.8, 4) is 0 Å². The van der Waals surface area contributed by atoms with Gasteiger partial charge in [-0.15, -0.1) is 0 Å². The number of nitrogens with zero attached hydrogens (tertiary/aromatic N) is 1. The number of nitrogens with one attached hydrogen (secondary N) is 1. The second-order valence-electron chi connectivity index (χ2n) is 5.33. The predicted molar refractivity (Wildman–Crippen MR) is 92.1 cm³/mol. The first kappa shape index (κ1) is 16.6. The zero-order chi connectivity index (χ0) is 15.9. The first-order chi connectivity index (χ1) is 10.8. The van der Waals surface area contributed by atoms with Gasteiger partial charge in [-0.3, -0.25) is 9.69 Å². The SMILES string of the molecule is CC.COC(=O)C1CCCN1CCc1c[nH]c2ccccc12.[HH]. The molecule has 1 saturated heterocycles. The molecule has 4 heteroatoms. The molecule has 2 heterocycles. The number of esters is 1. The minimum Gasteiger partial charge on any atom is -0.468 e. The summed E-state index contributed by atoms with van der Waals surface area (Å²) in [7, 11) is 1.47. The van der Waals surface area contributed by atoms with Crippen molar-refractivity contribution in [3.63, 3.8) is 0 Å². The fourth-order valence-electron chi connectivity index (χ4n) is 3.10. The van der Waals surface area contributed by atoms with Gasteiger partial charge in [-0.2, -0.15) is 0 Å². The lowest BCUT2D eigenvalue weighted by molar-refractivity contribution is -0.145. The number of likely N-dealkylation sites (tertiary alicyclic amines) is 1. The lowest BCUT2D eigenvalue weighted by atomic mass is 10.1. The van der Waals surface area contributed by atoms with Gasteiger partial charge < -0.3 is 9.72 Å². The van der Waals surface area contributed by atoms with Crippen molar-refractivity contribution in [2.75, 3.05) is 20.2 Å². The number of hydrogen-bond donors (Lipinski definition) is 1. The van der Waals surface area contributed by atoms with Crippen LogP contribution < -0.4 is 0 Å². The summed E-state index contributed by atoms with van der Waals surface area (Å²) in [5, 5.41) is 1.28. The molecule has 1 fully saturated rings. The quantitative estimate of drug-likeness (QED) is 0.878. The summed E-state index contributed by atoms with van der Waals surface area (Å²) in [4.78, 5) is 17.3. The topological polar surface area (TPSA) is 45.3 Å². The van der Waals surface area contributed by atoms with Gasteiger partial charge in [0.15, 0.2) is 0 Å². The molecule has 0 bridgehead atoms. The fourth-order valence-corrected chi connectivity index (χ4v) is 3.10. The molecule has 3 rings (SSSR count). The molecule has 22 heavy (non-hydrogen) atoms. The monoisotopic (exact) mass is 304 g/mol. The average molecular weight is 304 g/mol. The second kappa shape index (κ2) is 7.99. The molecule has 1 unspecified atom stereocenters. The van der Waals surface area contributed by atoms with Crippen LogP contribution in [0.1, 0.15) is 33.7 Å². The van der Waals surface area contributed by atoms with Crippen LogP contribution >= 0.6 is 0 Å². The third-order valence-electron chi connectivity index (χ3n) is 4.18. The van der Waals surface area contributed by atoms with Crippen LogP contribution in [0.4, 0.5) is 0 Å². The number of benzene rings is 1. The first-order valence-electron chi connectivity index (χ1n) is 8.16. The molecule has 122 valence electrons. The van der Waals surface area contributed by atoms with Gasteiger partial charge in [0.25, 0.3) is 0 Å². The number of ether oxygens (including phenoxy) is 1. The lowest BCUT2D eigenvalue weighted by Gasteiger charge is -2.21. The van der Waals surface area contributed by atoms with E-state index in [9.17, 15) is 4.79 Å². The summed E-state index contributed by atoms with van der Waals surface area (Å²) in [6.45, 7) is 5.89. The molecule has 1 aromatic carbocycles. The van der Waals surface area contributed by atoms with Crippen molar-refractivity contribution in [1.82, 2.24) is 9.88 Å². The van der Waals surface area contributed by atoms with E-state index in [4.69, 9.17) is 4.74 Å². The van der Waals surface area contributed by atoms with Crippen LogP contribution in [0.15, 0.2) is 30.5 Å². The number of carbonyl (C=O) groups is 1. The van der Waals surface area contributed by atoms with Crippen LogP contribution in [0.3, 0.4) is 0 Å². The van der Waals surface area contributed by atoms with Crippen molar-refractivity contribution in [3.05, 3.63) is 36.0 Å². The van der Waals surface area contributed by atoms with Crippen molar-refractivity contribution in [1.29, 1.82) is 0 Å². The molecule has 0 saturated carbocycles. The minimum atomic E-state index is -0.0959. The van der Waals surface area contributed by atoms with Crippen molar-refractivity contribution >= 4 is 16.9 Å². The maximum absolute atomic E-state index is 11.7. The van der Waals surface area contributed by atoms with Crippen molar-refractivity contribution < 1.29 is 11.0 Å². The van der Waals surface area contributed by atoms with E-state index in [-0.39, 0.29) is 13.4 Å².